The van der Waals surface area contributed by atoms with Gasteiger partial charge in [-0.25, -0.2) is 0 Å². The maximum Gasteiger partial charge on any atom is 0.247 e. The average Bonchev–Trinajstić information content (AvgIpc) is 3.10. The fraction of sp³-hybridized carbons (Fsp3) is 0.250. The summed E-state index contributed by atoms with van der Waals surface area (Å²) in [4.78, 5) is 12.2. The van der Waals surface area contributed by atoms with Gasteiger partial charge >= 0.3 is 0 Å². The van der Waals surface area contributed by atoms with Crippen LogP contribution < -0.4 is 5.32 Å². The van der Waals surface area contributed by atoms with Gasteiger partial charge in [-0.3, -0.25) is 4.79 Å². The fourth-order valence-corrected chi connectivity index (χ4v) is 3.23. The Balaban J connectivity index is 1.55. The quantitative estimate of drug-likeness (QED) is 0.639. The standard InChI is InChI=1S/C20H20BrN3O2/c1-13-7-9-15(10-8-13)20-24-23-19(26-20)12-11-18(25)22-14(2)16-5-3-4-6-17(16)21/h3-10,14H,11-12H2,1-2H3,(H,22,25)/t14-/m0/s1. The minimum Gasteiger partial charge on any atom is -0.421 e. The number of carbonyl (C=O) groups excluding carboxylic acids is 1. The Morgan fingerprint density at radius 2 is 1.88 bits per heavy atom. The van der Waals surface area contributed by atoms with Crippen LogP contribution in [0.5, 0.6) is 0 Å². The molecule has 5 nitrogen and oxygen atoms in total. The third-order valence-corrected chi connectivity index (χ3v) is 4.80. The molecule has 3 rings (SSSR count). The van der Waals surface area contributed by atoms with Crippen molar-refractivity contribution in [1.29, 1.82) is 0 Å². The van der Waals surface area contributed by atoms with Gasteiger partial charge in [-0.15, -0.1) is 10.2 Å². The predicted molar refractivity (Wildman–Crippen MR) is 103 cm³/mol. The van der Waals surface area contributed by atoms with Crippen LogP contribution in [0.3, 0.4) is 0 Å². The van der Waals surface area contributed by atoms with E-state index in [0.29, 0.717) is 24.6 Å². The third kappa shape index (κ3) is 4.58. The van der Waals surface area contributed by atoms with Gasteiger partial charge in [0.1, 0.15) is 0 Å². The summed E-state index contributed by atoms with van der Waals surface area (Å²) in [5, 5.41) is 11.1. The molecule has 0 saturated heterocycles. The monoisotopic (exact) mass is 413 g/mol. The molecule has 1 heterocycles. The van der Waals surface area contributed by atoms with Crippen molar-refractivity contribution < 1.29 is 9.21 Å². The summed E-state index contributed by atoms with van der Waals surface area (Å²) in [7, 11) is 0. The van der Waals surface area contributed by atoms with E-state index in [0.717, 1.165) is 15.6 Å². The van der Waals surface area contributed by atoms with Crippen LogP contribution in [-0.4, -0.2) is 16.1 Å². The zero-order valence-electron chi connectivity index (χ0n) is 14.7. The van der Waals surface area contributed by atoms with Gasteiger partial charge in [0.15, 0.2) is 0 Å². The van der Waals surface area contributed by atoms with Crippen LogP contribution in [-0.2, 0) is 11.2 Å². The number of benzene rings is 2. The van der Waals surface area contributed by atoms with E-state index in [1.807, 2.05) is 62.4 Å². The number of hydrogen-bond donors (Lipinski definition) is 1. The third-order valence-electron chi connectivity index (χ3n) is 4.08. The molecule has 1 aromatic heterocycles. The first-order chi connectivity index (χ1) is 12.5. The first-order valence-corrected chi connectivity index (χ1v) is 9.25. The lowest BCUT2D eigenvalue weighted by atomic mass is 10.1. The minimum absolute atomic E-state index is 0.0525. The van der Waals surface area contributed by atoms with Gasteiger partial charge < -0.3 is 9.73 Å². The molecule has 0 bridgehead atoms. The maximum absolute atomic E-state index is 12.2. The molecular formula is C20H20BrN3O2. The van der Waals surface area contributed by atoms with Gasteiger partial charge in [0.2, 0.25) is 17.7 Å². The van der Waals surface area contributed by atoms with Gasteiger partial charge in [-0.2, -0.15) is 0 Å². The number of nitrogens with zero attached hydrogens (tertiary/aromatic N) is 2. The van der Waals surface area contributed by atoms with Crippen molar-refractivity contribution in [1.82, 2.24) is 15.5 Å². The van der Waals surface area contributed by atoms with Crippen LogP contribution in [0.25, 0.3) is 11.5 Å². The van der Waals surface area contributed by atoms with Crippen molar-refractivity contribution in [3.8, 4) is 11.5 Å². The molecule has 0 fully saturated rings. The highest BCUT2D eigenvalue weighted by Crippen LogP contribution is 2.23. The van der Waals surface area contributed by atoms with Gasteiger partial charge in [0.05, 0.1) is 6.04 Å². The SMILES string of the molecule is Cc1ccc(-c2nnc(CCC(=O)N[C@@H](C)c3ccccc3Br)o2)cc1. The number of aromatic nitrogens is 2. The second-order valence-electron chi connectivity index (χ2n) is 6.18. The fourth-order valence-electron chi connectivity index (χ4n) is 2.61. The molecule has 1 amide bonds. The zero-order valence-corrected chi connectivity index (χ0v) is 16.3. The van der Waals surface area contributed by atoms with Crippen LogP contribution in [0.15, 0.2) is 57.4 Å². The first-order valence-electron chi connectivity index (χ1n) is 8.46. The Morgan fingerprint density at radius 3 is 2.62 bits per heavy atom. The molecule has 6 heteroatoms. The van der Waals surface area contributed by atoms with Crippen molar-refractivity contribution in [2.75, 3.05) is 0 Å². The highest BCUT2D eigenvalue weighted by molar-refractivity contribution is 9.10. The average molecular weight is 414 g/mol. The van der Waals surface area contributed by atoms with E-state index < -0.39 is 0 Å². The van der Waals surface area contributed by atoms with E-state index in [4.69, 9.17) is 4.42 Å². The molecule has 0 saturated carbocycles. The number of hydrogen-bond acceptors (Lipinski definition) is 4. The van der Waals surface area contributed by atoms with Crippen LogP contribution in [0.2, 0.25) is 0 Å². The van der Waals surface area contributed by atoms with Crippen molar-refractivity contribution >= 4 is 21.8 Å². The van der Waals surface area contributed by atoms with Crippen LogP contribution in [0.1, 0.15) is 36.4 Å². The zero-order chi connectivity index (χ0) is 18.5. The molecule has 0 spiro atoms. The van der Waals surface area contributed by atoms with E-state index in [2.05, 4.69) is 31.4 Å². The molecule has 0 aliphatic heterocycles. The van der Waals surface area contributed by atoms with E-state index >= 15 is 0 Å². The van der Waals surface area contributed by atoms with Crippen LogP contribution in [0.4, 0.5) is 0 Å². The number of amides is 1. The van der Waals surface area contributed by atoms with Gasteiger partial charge in [-0.1, -0.05) is 51.8 Å². The van der Waals surface area contributed by atoms with Crippen molar-refractivity contribution in [3.05, 3.63) is 70.0 Å². The van der Waals surface area contributed by atoms with Gasteiger partial charge in [0.25, 0.3) is 0 Å². The molecule has 0 aliphatic carbocycles. The molecule has 0 unspecified atom stereocenters. The normalized spacial score (nSPS) is 12.0. The van der Waals surface area contributed by atoms with E-state index in [-0.39, 0.29) is 11.9 Å². The van der Waals surface area contributed by atoms with Gasteiger partial charge in [0, 0.05) is 22.9 Å². The highest BCUT2D eigenvalue weighted by atomic mass is 79.9. The summed E-state index contributed by atoms with van der Waals surface area (Å²) >= 11 is 3.51. The van der Waals surface area contributed by atoms with E-state index in [1.165, 1.54) is 5.56 Å². The van der Waals surface area contributed by atoms with Crippen molar-refractivity contribution in [2.24, 2.45) is 0 Å². The summed E-state index contributed by atoms with van der Waals surface area (Å²) in [6.45, 7) is 3.98. The summed E-state index contributed by atoms with van der Waals surface area (Å²) in [5.41, 5.74) is 3.09. The molecule has 1 atom stereocenters. The molecule has 0 radical (unpaired) electrons. The highest BCUT2D eigenvalue weighted by Gasteiger charge is 2.14. The summed E-state index contributed by atoms with van der Waals surface area (Å²) in [6.07, 6.45) is 0.706. The van der Waals surface area contributed by atoms with E-state index in [1.54, 1.807) is 0 Å². The Hall–Kier alpha value is -2.47. The van der Waals surface area contributed by atoms with Crippen LogP contribution >= 0.6 is 15.9 Å². The number of nitrogens with one attached hydrogen (secondary N) is 1. The second kappa shape index (κ2) is 8.27. The Labute approximate surface area is 161 Å². The topological polar surface area (TPSA) is 68.0 Å². The molecule has 0 aliphatic rings. The molecule has 26 heavy (non-hydrogen) atoms. The number of halogens is 1. The number of rotatable bonds is 6. The summed E-state index contributed by atoms with van der Waals surface area (Å²) < 4.78 is 6.64. The van der Waals surface area contributed by atoms with Crippen LogP contribution in [0, 0.1) is 6.92 Å². The lowest BCUT2D eigenvalue weighted by Crippen LogP contribution is -2.27. The van der Waals surface area contributed by atoms with Gasteiger partial charge in [-0.05, 0) is 37.6 Å². The number of aryl methyl sites for hydroxylation is 2. The maximum atomic E-state index is 12.2. The lowest BCUT2D eigenvalue weighted by Gasteiger charge is -2.15. The first kappa shape index (κ1) is 18.3. The minimum atomic E-state index is -0.0797. The Bertz CT molecular complexity index is 890. The van der Waals surface area contributed by atoms with E-state index in [9.17, 15) is 4.79 Å². The number of carbonyl (C=O) groups is 1. The van der Waals surface area contributed by atoms with Crippen molar-refractivity contribution in [3.63, 3.8) is 0 Å². The second-order valence-corrected chi connectivity index (χ2v) is 7.03. The molecule has 1 N–H and O–H groups in total. The molecule has 3 aromatic rings. The molecule has 134 valence electrons. The van der Waals surface area contributed by atoms with Crippen molar-refractivity contribution in [2.45, 2.75) is 32.7 Å². The molecular weight excluding hydrogens is 394 g/mol. The predicted octanol–water partition coefficient (Wildman–Crippen LogP) is 4.62. The summed E-state index contributed by atoms with van der Waals surface area (Å²) in [5.74, 6) is 0.884. The largest absolute Gasteiger partial charge is 0.421 e. The Kier molecular flexibility index (Phi) is 5.83. The Morgan fingerprint density at radius 1 is 1.15 bits per heavy atom. The smallest absolute Gasteiger partial charge is 0.247 e. The summed E-state index contributed by atoms with van der Waals surface area (Å²) in [6, 6.07) is 15.6. The lowest BCUT2D eigenvalue weighted by molar-refractivity contribution is -0.121. The molecule has 2 aromatic carbocycles.